The second-order valence-corrected chi connectivity index (χ2v) is 10.5. The van der Waals surface area contributed by atoms with Gasteiger partial charge in [0.25, 0.3) is 0 Å². The molecule has 1 rings (SSSR count). The Hall–Kier alpha value is -0.963. The second-order valence-electron chi connectivity index (χ2n) is 5.72. The van der Waals surface area contributed by atoms with Crippen LogP contribution in [0, 0.1) is 0 Å². The van der Waals surface area contributed by atoms with Crippen LogP contribution >= 0.6 is 0 Å². The summed E-state index contributed by atoms with van der Waals surface area (Å²) in [5.41, 5.74) is 3.59. The summed E-state index contributed by atoms with van der Waals surface area (Å²) in [5.74, 6) is 0. The van der Waals surface area contributed by atoms with Gasteiger partial charge in [-0.05, 0) is 12.0 Å². The third kappa shape index (κ3) is 7.93. The lowest BCUT2D eigenvalue weighted by molar-refractivity contribution is 0.134. The van der Waals surface area contributed by atoms with Gasteiger partial charge in [-0.25, -0.2) is 8.78 Å². The highest BCUT2D eigenvalue weighted by atomic mass is 28.3. The summed E-state index contributed by atoms with van der Waals surface area (Å²) in [6.45, 7) is 4.67. The first kappa shape index (κ1) is 16.1. The maximum atomic E-state index is 12.0. The molecule has 0 N–H and O–H groups in total. The molecule has 3 heteroatoms. The maximum absolute atomic E-state index is 12.0. The van der Waals surface area contributed by atoms with Gasteiger partial charge >= 0.3 is 0 Å². The molecule has 0 heterocycles. The number of unbranched alkanes of at least 4 members (excludes halogenated alkanes) is 2. The molecular weight excluding hydrogens is 258 g/mol. The summed E-state index contributed by atoms with van der Waals surface area (Å²) in [6, 6.07) is 11.5. The van der Waals surface area contributed by atoms with E-state index in [0.29, 0.717) is 6.42 Å². The van der Waals surface area contributed by atoms with Crippen molar-refractivity contribution in [2.45, 2.75) is 51.2 Å². The molecule has 19 heavy (non-hydrogen) atoms. The molecule has 0 nitrogen and oxygen atoms in total. The third-order valence-corrected chi connectivity index (χ3v) is 5.98. The molecule has 0 saturated heterocycles. The van der Waals surface area contributed by atoms with E-state index in [0.717, 1.165) is 12.8 Å². The summed E-state index contributed by atoms with van der Waals surface area (Å²) in [5, 5.41) is 0. The van der Waals surface area contributed by atoms with Crippen LogP contribution in [0.15, 0.2) is 36.0 Å². The molecule has 106 valence electrons. The van der Waals surface area contributed by atoms with E-state index in [1.807, 2.05) is 18.2 Å². The van der Waals surface area contributed by atoms with Gasteiger partial charge in [-0.2, -0.15) is 0 Å². The number of alkyl halides is 2. The van der Waals surface area contributed by atoms with E-state index >= 15 is 0 Å². The lowest BCUT2D eigenvalue weighted by Crippen LogP contribution is -2.21. The fraction of sp³-hybridized carbons (Fsp3) is 0.500. The van der Waals surface area contributed by atoms with Crippen LogP contribution in [-0.4, -0.2) is 14.5 Å². The minimum absolute atomic E-state index is 0.0574. The van der Waals surface area contributed by atoms with E-state index in [9.17, 15) is 8.78 Å². The summed E-state index contributed by atoms with van der Waals surface area (Å²) in [4.78, 5) is 0. The Bertz CT molecular complexity index is 372. The van der Waals surface area contributed by atoms with Gasteiger partial charge in [0.15, 0.2) is 0 Å². The molecule has 0 radical (unpaired) electrons. The monoisotopic (exact) mass is 282 g/mol. The van der Waals surface area contributed by atoms with Gasteiger partial charge in [0.2, 0.25) is 6.43 Å². The Morgan fingerprint density at radius 1 is 1.05 bits per heavy atom. The minimum Gasteiger partial charge on any atom is -0.211 e. The molecule has 0 saturated carbocycles. The maximum Gasteiger partial charge on any atom is 0.238 e. The van der Waals surface area contributed by atoms with E-state index < -0.39 is 14.5 Å². The summed E-state index contributed by atoms with van der Waals surface area (Å²) < 4.78 is 24.0. The molecule has 0 aliphatic carbocycles. The van der Waals surface area contributed by atoms with Gasteiger partial charge in [0, 0.05) is 6.42 Å². The topological polar surface area (TPSA) is 0 Å². The quantitative estimate of drug-likeness (QED) is 0.419. The first-order valence-corrected chi connectivity index (χ1v) is 10.3. The molecule has 0 amide bonds. The lowest BCUT2D eigenvalue weighted by atomic mass is 10.2. The largest absolute Gasteiger partial charge is 0.238 e. The molecule has 1 aromatic carbocycles. The zero-order valence-corrected chi connectivity index (χ0v) is 12.9. The Morgan fingerprint density at radius 2 is 1.74 bits per heavy atom. The number of halogens is 2. The van der Waals surface area contributed by atoms with Crippen molar-refractivity contribution in [3.05, 3.63) is 41.6 Å². The van der Waals surface area contributed by atoms with Crippen LogP contribution < -0.4 is 0 Å². The van der Waals surface area contributed by atoms with Crippen molar-refractivity contribution in [1.82, 2.24) is 0 Å². The first-order valence-electron chi connectivity index (χ1n) is 7.02. The molecule has 0 unspecified atom stereocenters. The van der Waals surface area contributed by atoms with Crippen molar-refractivity contribution in [1.29, 1.82) is 0 Å². The Labute approximate surface area is 116 Å². The summed E-state index contributed by atoms with van der Waals surface area (Å²) in [6.07, 6.45) is 2.78. The summed E-state index contributed by atoms with van der Waals surface area (Å²) in [7, 11) is -1.33. The number of hydrogen-bond acceptors (Lipinski definition) is 0. The standard InChI is InChI=1S/C16H24F2Si/c1-19(2,13-8-4-7-11-16(17)18)14-12-15-9-5-3-6-10-15/h3,5-6,9-10,12,14,16H,4,7-8,11,13H2,1-2H3. The minimum atomic E-state index is -2.14. The lowest BCUT2D eigenvalue weighted by Gasteiger charge is -2.17. The molecule has 0 bridgehead atoms. The molecular formula is C16H24F2Si. The van der Waals surface area contributed by atoms with Crippen molar-refractivity contribution in [2.75, 3.05) is 0 Å². The fourth-order valence-corrected chi connectivity index (χ4v) is 4.00. The summed E-state index contributed by atoms with van der Waals surface area (Å²) >= 11 is 0. The third-order valence-electron chi connectivity index (χ3n) is 3.27. The average molecular weight is 282 g/mol. The van der Waals surface area contributed by atoms with Gasteiger partial charge < -0.3 is 0 Å². The van der Waals surface area contributed by atoms with Crippen molar-refractivity contribution < 1.29 is 8.78 Å². The van der Waals surface area contributed by atoms with Gasteiger partial charge in [0.05, 0.1) is 8.07 Å². The van der Waals surface area contributed by atoms with Crippen LogP contribution in [0.3, 0.4) is 0 Å². The zero-order chi connectivity index (χ0) is 14.1. The molecule has 0 aliphatic heterocycles. The molecule has 0 fully saturated rings. The van der Waals surface area contributed by atoms with Crippen LogP contribution in [0.25, 0.3) is 6.08 Å². The van der Waals surface area contributed by atoms with Crippen molar-refractivity contribution in [3.8, 4) is 0 Å². The van der Waals surface area contributed by atoms with Crippen LogP contribution in [0.4, 0.5) is 8.78 Å². The highest BCUT2D eigenvalue weighted by Gasteiger charge is 2.15. The highest BCUT2D eigenvalue weighted by Crippen LogP contribution is 2.19. The van der Waals surface area contributed by atoms with Gasteiger partial charge in [0.1, 0.15) is 0 Å². The number of benzene rings is 1. The molecule has 1 aromatic rings. The molecule has 0 aliphatic rings. The van der Waals surface area contributed by atoms with Crippen LogP contribution in [-0.2, 0) is 0 Å². The van der Waals surface area contributed by atoms with Crippen molar-refractivity contribution in [3.63, 3.8) is 0 Å². The van der Waals surface area contributed by atoms with E-state index in [4.69, 9.17) is 0 Å². The highest BCUT2D eigenvalue weighted by molar-refractivity contribution is 6.82. The average Bonchev–Trinajstić information content (AvgIpc) is 2.37. The Balaban J connectivity index is 2.29. The predicted molar refractivity (Wildman–Crippen MR) is 82.2 cm³/mol. The molecule has 0 atom stereocenters. The fourth-order valence-electron chi connectivity index (χ4n) is 2.03. The van der Waals surface area contributed by atoms with Crippen LogP contribution in [0.5, 0.6) is 0 Å². The van der Waals surface area contributed by atoms with Crippen LogP contribution in [0.2, 0.25) is 19.1 Å². The van der Waals surface area contributed by atoms with Crippen LogP contribution in [0.1, 0.15) is 31.2 Å². The number of rotatable bonds is 8. The number of hydrogen-bond donors (Lipinski definition) is 0. The normalized spacial score (nSPS) is 12.5. The molecule has 0 aromatic heterocycles. The Kier molecular flexibility index (Phi) is 6.99. The first-order chi connectivity index (χ1) is 8.99. The van der Waals surface area contributed by atoms with E-state index in [1.165, 1.54) is 11.6 Å². The SMILES string of the molecule is C[Si](C)(C=Cc1ccccc1)CCCCCC(F)F. The zero-order valence-electron chi connectivity index (χ0n) is 11.9. The second kappa shape index (κ2) is 8.26. The molecule has 0 spiro atoms. The van der Waals surface area contributed by atoms with Crippen molar-refractivity contribution >= 4 is 14.1 Å². The van der Waals surface area contributed by atoms with Gasteiger partial charge in [-0.3, -0.25) is 0 Å². The van der Waals surface area contributed by atoms with E-state index in [2.05, 4.69) is 37.0 Å². The van der Waals surface area contributed by atoms with Gasteiger partial charge in [-0.15, -0.1) is 0 Å². The Morgan fingerprint density at radius 3 is 2.37 bits per heavy atom. The predicted octanol–water partition coefficient (Wildman–Crippen LogP) is 5.77. The van der Waals surface area contributed by atoms with E-state index in [1.54, 1.807) is 0 Å². The van der Waals surface area contributed by atoms with Gasteiger partial charge in [-0.1, -0.05) is 74.1 Å². The van der Waals surface area contributed by atoms with E-state index in [-0.39, 0.29) is 6.42 Å². The van der Waals surface area contributed by atoms with Crippen molar-refractivity contribution in [2.24, 2.45) is 0 Å². The smallest absolute Gasteiger partial charge is 0.211 e.